The molecule has 3 rings (SSSR count). The first-order valence-electron chi connectivity index (χ1n) is 10.8. The lowest BCUT2D eigenvalue weighted by Crippen LogP contribution is -2.36. The lowest BCUT2D eigenvalue weighted by molar-refractivity contribution is -0.0591. The van der Waals surface area contributed by atoms with Crippen LogP contribution in [0.15, 0.2) is 23.3 Å². The van der Waals surface area contributed by atoms with E-state index in [4.69, 9.17) is 4.74 Å². The summed E-state index contributed by atoms with van der Waals surface area (Å²) in [7, 11) is 0. The van der Waals surface area contributed by atoms with Gasteiger partial charge in [0.2, 0.25) is 0 Å². The zero-order valence-corrected chi connectivity index (χ0v) is 19.5. The number of carbonyl (C=O) groups is 2. The first-order valence-corrected chi connectivity index (χ1v) is 10.8. The number of hydrogen-bond donors (Lipinski definition) is 3. The largest absolute Gasteiger partial charge is 0.444 e. The number of rotatable bonds is 3. The summed E-state index contributed by atoms with van der Waals surface area (Å²) in [5.74, 6) is -0.129. The molecule has 1 aliphatic heterocycles. The van der Waals surface area contributed by atoms with E-state index in [-0.39, 0.29) is 35.6 Å². The summed E-state index contributed by atoms with van der Waals surface area (Å²) in [6, 6.07) is 2.78. The number of carbonyl (C=O) groups excluding carboxylic acids is 2. The summed E-state index contributed by atoms with van der Waals surface area (Å²) in [4.78, 5) is 46.3. The molecule has 2 aromatic heterocycles. The van der Waals surface area contributed by atoms with Crippen LogP contribution in [0.5, 0.6) is 0 Å². The summed E-state index contributed by atoms with van der Waals surface area (Å²) in [5, 5.41) is 16.3. The van der Waals surface area contributed by atoms with Gasteiger partial charge in [-0.05, 0) is 65.5 Å². The van der Waals surface area contributed by atoms with Crippen LogP contribution in [0.2, 0.25) is 0 Å². The molecule has 0 aromatic carbocycles. The Kier molecular flexibility index (Phi) is 7.01. The fourth-order valence-electron chi connectivity index (χ4n) is 3.64. The second-order valence-corrected chi connectivity index (χ2v) is 9.08. The van der Waals surface area contributed by atoms with E-state index >= 15 is 0 Å². The minimum Gasteiger partial charge on any atom is -0.444 e. The molecular weight excluding hydrogens is 428 g/mol. The average Bonchev–Trinajstić information content (AvgIpc) is 2.75. The molecule has 2 amide bonds. The number of pyridine rings is 1. The molecule has 1 unspecified atom stereocenters. The second kappa shape index (κ2) is 9.57. The highest BCUT2D eigenvalue weighted by Crippen LogP contribution is 2.24. The first kappa shape index (κ1) is 24.2. The normalized spacial score (nSPS) is 16.8. The second-order valence-electron chi connectivity index (χ2n) is 9.08. The lowest BCUT2D eigenvalue weighted by atomic mass is 10.1. The number of aromatic nitrogens is 3. The van der Waals surface area contributed by atoms with Crippen molar-refractivity contribution in [3.63, 3.8) is 0 Å². The molecule has 0 spiro atoms. The molecule has 0 bridgehead atoms. The van der Waals surface area contributed by atoms with E-state index in [1.807, 2.05) is 6.92 Å². The molecule has 11 nitrogen and oxygen atoms in total. The molecule has 0 saturated heterocycles. The number of fused-ring (bicyclic) bond motifs is 1. The first-order chi connectivity index (χ1) is 15.5. The van der Waals surface area contributed by atoms with Crippen molar-refractivity contribution in [1.82, 2.24) is 19.6 Å². The van der Waals surface area contributed by atoms with E-state index in [1.54, 1.807) is 33.8 Å². The molecule has 2 aromatic rings. The number of ether oxygens (including phenoxy) is 1. The summed E-state index contributed by atoms with van der Waals surface area (Å²) < 4.78 is 6.65. The zero-order chi connectivity index (χ0) is 24.3. The predicted molar refractivity (Wildman–Crippen MR) is 122 cm³/mol. The van der Waals surface area contributed by atoms with E-state index in [0.717, 1.165) is 6.42 Å². The van der Waals surface area contributed by atoms with Gasteiger partial charge in [-0.25, -0.2) is 19.8 Å². The van der Waals surface area contributed by atoms with Crippen LogP contribution in [-0.2, 0) is 4.74 Å². The van der Waals surface area contributed by atoms with Gasteiger partial charge in [0.15, 0.2) is 0 Å². The molecule has 11 heteroatoms. The van der Waals surface area contributed by atoms with Crippen LogP contribution < -0.4 is 16.2 Å². The molecular formula is C22H30N6O5. The Hall–Kier alpha value is -3.47. The smallest absolute Gasteiger partial charge is 0.413 e. The van der Waals surface area contributed by atoms with Gasteiger partial charge >= 0.3 is 6.09 Å². The van der Waals surface area contributed by atoms with Crippen molar-refractivity contribution in [3.05, 3.63) is 40.1 Å². The SMILES string of the molecule is Cc1cc(Nc2cc(NC(=O)OC(C)(C)C)ncn2)c(=O)n2c1C(=O)N(O)CCCCC2C. The van der Waals surface area contributed by atoms with Crippen molar-refractivity contribution in [2.75, 3.05) is 17.2 Å². The Morgan fingerprint density at radius 3 is 2.58 bits per heavy atom. The number of amides is 2. The third kappa shape index (κ3) is 5.86. The average molecular weight is 459 g/mol. The van der Waals surface area contributed by atoms with Crippen LogP contribution in [0.25, 0.3) is 0 Å². The minimum absolute atomic E-state index is 0.164. The molecule has 3 heterocycles. The Labute approximate surface area is 191 Å². The molecule has 33 heavy (non-hydrogen) atoms. The van der Waals surface area contributed by atoms with Crippen LogP contribution in [0.3, 0.4) is 0 Å². The van der Waals surface area contributed by atoms with Crippen LogP contribution in [-0.4, -0.2) is 49.0 Å². The van der Waals surface area contributed by atoms with Gasteiger partial charge in [0, 0.05) is 18.7 Å². The Morgan fingerprint density at radius 1 is 1.18 bits per heavy atom. The molecule has 0 saturated carbocycles. The van der Waals surface area contributed by atoms with E-state index in [0.29, 0.717) is 23.5 Å². The lowest BCUT2D eigenvalue weighted by Gasteiger charge is -2.22. The Morgan fingerprint density at radius 2 is 1.88 bits per heavy atom. The molecule has 3 N–H and O–H groups in total. The summed E-state index contributed by atoms with van der Waals surface area (Å²) in [5.41, 5.74) is -0.163. The van der Waals surface area contributed by atoms with Crippen molar-refractivity contribution < 1.29 is 19.5 Å². The molecule has 1 atom stereocenters. The number of nitrogens with zero attached hydrogens (tertiary/aromatic N) is 4. The van der Waals surface area contributed by atoms with Gasteiger partial charge in [-0.1, -0.05) is 0 Å². The topological polar surface area (TPSA) is 139 Å². The van der Waals surface area contributed by atoms with Gasteiger partial charge in [-0.2, -0.15) is 0 Å². The van der Waals surface area contributed by atoms with E-state index in [1.165, 1.54) is 17.0 Å². The number of hydrogen-bond acceptors (Lipinski definition) is 8. The molecule has 0 fully saturated rings. The van der Waals surface area contributed by atoms with Crippen LogP contribution in [0.1, 0.15) is 69.1 Å². The minimum atomic E-state index is -0.666. The maximum Gasteiger partial charge on any atom is 0.413 e. The maximum absolute atomic E-state index is 13.3. The fourth-order valence-corrected chi connectivity index (χ4v) is 3.64. The van der Waals surface area contributed by atoms with Gasteiger partial charge in [0.1, 0.15) is 34.9 Å². The molecule has 0 radical (unpaired) electrons. The summed E-state index contributed by atoms with van der Waals surface area (Å²) in [6.07, 6.45) is 2.68. The van der Waals surface area contributed by atoms with E-state index in [9.17, 15) is 19.6 Å². The van der Waals surface area contributed by atoms with Crippen molar-refractivity contribution in [2.45, 2.75) is 65.5 Å². The van der Waals surface area contributed by atoms with Gasteiger partial charge < -0.3 is 10.1 Å². The monoisotopic (exact) mass is 458 g/mol. The van der Waals surface area contributed by atoms with Crippen molar-refractivity contribution in [3.8, 4) is 0 Å². The van der Waals surface area contributed by atoms with E-state index in [2.05, 4.69) is 20.6 Å². The van der Waals surface area contributed by atoms with Crippen molar-refractivity contribution >= 4 is 29.3 Å². The van der Waals surface area contributed by atoms with Crippen molar-refractivity contribution in [2.24, 2.45) is 0 Å². The van der Waals surface area contributed by atoms with Crippen LogP contribution in [0.4, 0.5) is 22.1 Å². The highest BCUT2D eigenvalue weighted by atomic mass is 16.6. The maximum atomic E-state index is 13.3. The number of anilines is 3. The van der Waals surface area contributed by atoms with Crippen LogP contribution >= 0.6 is 0 Å². The van der Waals surface area contributed by atoms with E-state index < -0.39 is 23.2 Å². The standard InChI is InChI=1S/C22H30N6O5/c1-13-10-15(19(29)28-14(2)8-6-7-9-27(32)20(30)18(13)28)25-16-11-17(24-12-23-16)26-21(31)33-22(3,4)5/h10-12,14,32H,6-9H2,1-5H3,(H2,23,24,25,26,31). The van der Waals surface area contributed by atoms with Gasteiger partial charge in [0.25, 0.3) is 11.5 Å². The third-order valence-electron chi connectivity index (χ3n) is 5.10. The highest BCUT2D eigenvalue weighted by molar-refractivity contribution is 5.93. The predicted octanol–water partition coefficient (Wildman–Crippen LogP) is 3.61. The number of nitrogens with one attached hydrogen (secondary N) is 2. The van der Waals surface area contributed by atoms with Gasteiger partial charge in [-0.15, -0.1) is 0 Å². The van der Waals surface area contributed by atoms with Crippen LogP contribution in [0, 0.1) is 6.92 Å². The third-order valence-corrected chi connectivity index (χ3v) is 5.10. The highest BCUT2D eigenvalue weighted by Gasteiger charge is 2.27. The summed E-state index contributed by atoms with van der Waals surface area (Å²) in [6.45, 7) is 9.05. The molecule has 178 valence electrons. The Bertz CT molecular complexity index is 1110. The molecule has 1 aliphatic rings. The summed E-state index contributed by atoms with van der Waals surface area (Å²) >= 11 is 0. The molecule has 0 aliphatic carbocycles. The quantitative estimate of drug-likeness (QED) is 0.593. The van der Waals surface area contributed by atoms with Crippen molar-refractivity contribution in [1.29, 1.82) is 0 Å². The van der Waals surface area contributed by atoms with Gasteiger partial charge in [0.05, 0.1) is 0 Å². The van der Waals surface area contributed by atoms with Gasteiger partial charge in [-0.3, -0.25) is 24.7 Å². The number of hydroxylamine groups is 2. The Balaban J connectivity index is 1.93. The zero-order valence-electron chi connectivity index (χ0n) is 19.5. The number of aryl methyl sites for hydroxylation is 1. The fraction of sp³-hybridized carbons (Fsp3) is 0.500.